The minimum atomic E-state index is -3.67. The van der Waals surface area contributed by atoms with Gasteiger partial charge in [-0.1, -0.05) is 38.5 Å². The van der Waals surface area contributed by atoms with Crippen LogP contribution in [0.5, 0.6) is 0 Å². The predicted octanol–water partition coefficient (Wildman–Crippen LogP) is -3.83. The molecule has 3 aliphatic heterocycles. The molecule has 0 aromatic carbocycles. The number of amides is 8. The Bertz CT molecular complexity index is 2700. The number of aliphatic hydroxyl groups excluding tert-OH is 12. The van der Waals surface area contributed by atoms with Gasteiger partial charge < -0.3 is 155 Å². The van der Waals surface area contributed by atoms with Crippen molar-refractivity contribution < 1.29 is 156 Å². The standard InChI is InChI=1S/C72H133N8O32P/c1-49(85)52(44-82)110-69(51(86)43-81)104-37-14-11-22-55(87)74-31-19-34-77-59(91)28-41-107-72(79-61(93)25-9-7-5-3-4-6-8-10-26-62(94)80-36-17-21-50(80)47-109-113(2,101)102,108-42-29-60(92)78-35-20-32-75-57(89)24-13-16-39-106-71-68(100)66(98)64(96)54(46-84)112-71)48-103-40-27-58(90)76-33-18-30-73-56(88)23-12-15-38-105-70-67(99)65(97)63(95)53(45-83)111-70/h49-54,63-71,81-86,95-100H,3-48H2,1-2H3,(H,73,88)(H,74,87)(H,75,89)(H,76,90)(H,77,91)(H,78,92)(H,79,93)(H,101,102)/t49-,50+,51+,52?,53?,54?,63?,64?,65?,66?,67?,68?,69?,70?,71?,72?/m1/s1. The van der Waals surface area contributed by atoms with E-state index >= 15 is 0 Å². The molecule has 41 heteroatoms. The summed E-state index contributed by atoms with van der Waals surface area (Å²) in [6, 6.07) is -0.225. The first-order valence-electron chi connectivity index (χ1n) is 39.8. The molecule has 3 aliphatic rings. The van der Waals surface area contributed by atoms with Crippen LogP contribution < -0.4 is 37.2 Å². The molecule has 0 radical (unpaired) electrons. The number of hydrogen-bond acceptors (Lipinski definition) is 31. The van der Waals surface area contributed by atoms with E-state index < -0.39 is 156 Å². The van der Waals surface area contributed by atoms with E-state index in [4.69, 9.17) is 47.2 Å². The van der Waals surface area contributed by atoms with Crippen LogP contribution in [0.1, 0.15) is 180 Å². The largest absolute Gasteiger partial charge is 0.394 e. The number of carbonyl (C=O) groups is 8. The van der Waals surface area contributed by atoms with Crippen molar-refractivity contribution in [2.45, 2.75) is 278 Å². The predicted molar refractivity (Wildman–Crippen MR) is 399 cm³/mol. The summed E-state index contributed by atoms with van der Waals surface area (Å²) in [6.45, 7) is 0.404. The number of aliphatic hydroxyl groups is 12. The lowest BCUT2D eigenvalue weighted by atomic mass is 9.99. The second kappa shape index (κ2) is 59.7. The fraction of sp³-hybridized carbons (Fsp3) is 0.889. The van der Waals surface area contributed by atoms with Gasteiger partial charge in [0.2, 0.25) is 47.3 Å². The molecule has 3 rings (SSSR count). The van der Waals surface area contributed by atoms with E-state index in [-0.39, 0.29) is 160 Å². The van der Waals surface area contributed by atoms with Crippen LogP contribution in [0.4, 0.5) is 0 Å². The molecule has 0 aromatic rings. The molecule has 8 amide bonds. The Morgan fingerprint density at radius 1 is 0.487 bits per heavy atom. The fourth-order valence-corrected chi connectivity index (χ4v) is 12.4. The van der Waals surface area contributed by atoms with Crippen LogP contribution in [0.3, 0.4) is 0 Å². The molecule has 17 atom stereocenters. The molecule has 3 saturated heterocycles. The van der Waals surface area contributed by atoms with Gasteiger partial charge in [-0.3, -0.25) is 42.9 Å². The average molecular weight is 1650 g/mol. The van der Waals surface area contributed by atoms with Crippen molar-refractivity contribution in [3.63, 3.8) is 0 Å². The number of ether oxygens (including phenoxy) is 9. The first-order chi connectivity index (χ1) is 54.1. The summed E-state index contributed by atoms with van der Waals surface area (Å²) in [5.41, 5.74) is 0. The minimum Gasteiger partial charge on any atom is -0.394 e. The van der Waals surface area contributed by atoms with Crippen LogP contribution in [-0.2, 0) is 90.1 Å². The molecule has 113 heavy (non-hydrogen) atoms. The van der Waals surface area contributed by atoms with Gasteiger partial charge in [0.15, 0.2) is 18.9 Å². The van der Waals surface area contributed by atoms with E-state index in [0.717, 1.165) is 45.2 Å². The molecule has 3 heterocycles. The number of likely N-dealkylation sites (tertiary alicyclic amines) is 1. The second-order valence-corrected chi connectivity index (χ2v) is 30.2. The van der Waals surface area contributed by atoms with Crippen LogP contribution in [-0.4, -0.2) is 348 Å². The molecule has 658 valence electrons. The highest BCUT2D eigenvalue weighted by molar-refractivity contribution is 7.51. The topological polar surface area (TPSA) is 596 Å². The zero-order valence-electron chi connectivity index (χ0n) is 65.7. The van der Waals surface area contributed by atoms with Crippen LogP contribution in [0.15, 0.2) is 0 Å². The third-order valence-corrected chi connectivity index (χ3v) is 19.3. The number of carbonyl (C=O) groups excluding carboxylic acids is 8. The molecule has 20 N–H and O–H groups in total. The van der Waals surface area contributed by atoms with Gasteiger partial charge >= 0.3 is 7.60 Å². The Morgan fingerprint density at radius 2 is 0.885 bits per heavy atom. The highest BCUT2D eigenvalue weighted by Gasteiger charge is 2.46. The van der Waals surface area contributed by atoms with Crippen LogP contribution in [0.2, 0.25) is 0 Å². The summed E-state index contributed by atoms with van der Waals surface area (Å²) >= 11 is 0. The summed E-state index contributed by atoms with van der Waals surface area (Å²) in [5, 5.41) is 137. The molecular formula is C72H133N8O32P. The van der Waals surface area contributed by atoms with E-state index in [9.17, 15) is 109 Å². The minimum absolute atomic E-state index is 0.00354. The summed E-state index contributed by atoms with van der Waals surface area (Å²) in [7, 11) is -3.67. The normalized spacial score (nSPS) is 23.2. The third kappa shape index (κ3) is 44.5. The van der Waals surface area contributed by atoms with Gasteiger partial charge in [0, 0.05) is 111 Å². The maximum absolute atomic E-state index is 13.9. The molecule has 14 unspecified atom stereocenters. The molecule has 0 bridgehead atoms. The van der Waals surface area contributed by atoms with Crippen molar-refractivity contribution in [1.29, 1.82) is 0 Å². The van der Waals surface area contributed by atoms with Gasteiger partial charge in [0.05, 0.1) is 77.8 Å². The number of nitrogens with zero attached hydrogens (tertiary/aromatic N) is 1. The Balaban J connectivity index is 1.58. The first kappa shape index (κ1) is 102. The molecule has 0 aromatic heterocycles. The summed E-state index contributed by atoms with van der Waals surface area (Å²) in [6.07, 6.45) is -8.11. The van der Waals surface area contributed by atoms with Crippen LogP contribution in [0, 0.1) is 0 Å². The zero-order chi connectivity index (χ0) is 83.4. The Kier molecular flexibility index (Phi) is 54.0. The van der Waals surface area contributed by atoms with Crippen LogP contribution in [0.25, 0.3) is 0 Å². The van der Waals surface area contributed by atoms with Crippen molar-refractivity contribution >= 4 is 54.9 Å². The van der Waals surface area contributed by atoms with Crippen LogP contribution >= 0.6 is 7.60 Å². The Hall–Kier alpha value is -4.93. The van der Waals surface area contributed by atoms with Crippen molar-refractivity contribution in [2.24, 2.45) is 0 Å². The van der Waals surface area contributed by atoms with Gasteiger partial charge in [-0.2, -0.15) is 0 Å². The van der Waals surface area contributed by atoms with Crippen molar-refractivity contribution in [3.8, 4) is 0 Å². The number of unbranched alkanes of at least 4 members (excludes halogenated alkanes) is 10. The highest BCUT2D eigenvalue weighted by Crippen LogP contribution is 2.38. The lowest BCUT2D eigenvalue weighted by Crippen LogP contribution is -2.59. The van der Waals surface area contributed by atoms with Gasteiger partial charge in [-0.25, -0.2) is 0 Å². The van der Waals surface area contributed by atoms with Gasteiger partial charge in [0.25, 0.3) is 5.91 Å². The molecule has 0 spiro atoms. The molecule has 0 saturated carbocycles. The molecule has 3 fully saturated rings. The van der Waals surface area contributed by atoms with Gasteiger partial charge in [0.1, 0.15) is 67.6 Å². The SMILES string of the molecule is C[C@@H](O)C(CO)OC(OCCCCC(=O)NCCCNC(=O)CCOC(COCCC(=O)NCCCNC(=O)CCCCOC1OC(CO)C(O)C(O)C1O)(NC(=O)CCCCCCCCCCC(=O)N1CCC[C@H]1COP(C)(=O)O)OCCC(=O)NCCCNC(=O)CCCCOC1OC(CO)C(O)C(O)C1O)[C@@H](O)CO. The number of nitrogens with one attached hydrogen (secondary N) is 7. The number of hydrogen-bond donors (Lipinski definition) is 20. The second-order valence-electron chi connectivity index (χ2n) is 28.4. The summed E-state index contributed by atoms with van der Waals surface area (Å²) < 4.78 is 67.7. The lowest BCUT2D eigenvalue weighted by molar-refractivity contribution is -0.301. The smallest absolute Gasteiger partial charge is 0.325 e. The Morgan fingerprint density at radius 3 is 1.30 bits per heavy atom. The molecule has 0 aliphatic carbocycles. The van der Waals surface area contributed by atoms with Crippen molar-refractivity contribution in [1.82, 2.24) is 42.1 Å². The summed E-state index contributed by atoms with van der Waals surface area (Å²) in [4.78, 5) is 115. The molecular weight excluding hydrogens is 1520 g/mol. The molecule has 40 nitrogen and oxygen atoms in total. The average Bonchev–Trinajstić information content (AvgIpc) is 1.39. The lowest BCUT2D eigenvalue weighted by Gasteiger charge is -2.39. The van der Waals surface area contributed by atoms with Crippen molar-refractivity contribution in [2.75, 3.05) is 132 Å². The monoisotopic (exact) mass is 1650 g/mol. The van der Waals surface area contributed by atoms with E-state index in [2.05, 4.69) is 37.2 Å². The van der Waals surface area contributed by atoms with E-state index in [1.807, 2.05) is 0 Å². The first-order valence-corrected chi connectivity index (χ1v) is 41.8. The highest BCUT2D eigenvalue weighted by atomic mass is 31.2. The maximum atomic E-state index is 13.9. The van der Waals surface area contributed by atoms with Crippen molar-refractivity contribution in [3.05, 3.63) is 0 Å². The van der Waals surface area contributed by atoms with Gasteiger partial charge in [-0.15, -0.1) is 0 Å². The third-order valence-electron chi connectivity index (χ3n) is 18.6. The Labute approximate surface area is 660 Å². The van der Waals surface area contributed by atoms with E-state index in [1.54, 1.807) is 4.90 Å². The number of rotatable bonds is 66. The quantitative estimate of drug-likeness (QED) is 0.0158. The van der Waals surface area contributed by atoms with Gasteiger partial charge in [-0.05, 0) is 90.4 Å². The zero-order valence-corrected chi connectivity index (χ0v) is 66.5. The van der Waals surface area contributed by atoms with E-state index in [1.165, 1.54) is 6.92 Å². The fourth-order valence-electron chi connectivity index (χ4n) is 12.0. The maximum Gasteiger partial charge on any atom is 0.325 e. The summed E-state index contributed by atoms with van der Waals surface area (Å²) in [5.74, 6) is -4.83. The van der Waals surface area contributed by atoms with E-state index in [0.29, 0.717) is 96.4 Å².